The van der Waals surface area contributed by atoms with Crippen LogP contribution in [-0.2, 0) is 17.8 Å². The Bertz CT molecular complexity index is 987. The van der Waals surface area contributed by atoms with Crippen LogP contribution in [0.4, 0.5) is 0 Å². The molecule has 1 heterocycles. The summed E-state index contributed by atoms with van der Waals surface area (Å²) in [5.41, 5.74) is 2.46. The highest BCUT2D eigenvalue weighted by atomic mass is 16.4. The van der Waals surface area contributed by atoms with Crippen molar-refractivity contribution >= 4 is 22.8 Å². The Morgan fingerprint density at radius 3 is 2.40 bits per heavy atom. The van der Waals surface area contributed by atoms with Gasteiger partial charge in [0, 0.05) is 16.6 Å². The van der Waals surface area contributed by atoms with E-state index in [9.17, 15) is 24.9 Å². The smallest absolute Gasteiger partial charge is 0.337 e. The number of aliphatic carboxylic acids is 1. The lowest BCUT2D eigenvalue weighted by atomic mass is 10.1. The molecule has 0 aliphatic rings. The number of rotatable bonds is 5. The molecule has 0 saturated carbocycles. The average Bonchev–Trinajstić information content (AvgIpc) is 2.82. The Balaban J connectivity index is 2.29. The molecule has 1 aromatic heterocycles. The number of phenolic OH excluding ortho intramolecular Hbond substituents is 1. The zero-order valence-electron chi connectivity index (χ0n) is 13.6. The van der Waals surface area contributed by atoms with Crippen LogP contribution in [0.15, 0.2) is 42.5 Å². The fraction of sp³-hybridized carbons (Fsp3) is 0.158. The third-order valence-corrected chi connectivity index (χ3v) is 4.35. The molecular weight excluding hydrogens is 322 g/mol. The van der Waals surface area contributed by atoms with E-state index in [2.05, 4.69) is 0 Å². The molecule has 0 amide bonds. The van der Waals surface area contributed by atoms with Gasteiger partial charge in [-0.2, -0.15) is 0 Å². The lowest BCUT2D eigenvalue weighted by Gasteiger charge is -2.11. The van der Waals surface area contributed by atoms with E-state index in [-0.39, 0.29) is 24.3 Å². The van der Waals surface area contributed by atoms with Gasteiger partial charge in [0.25, 0.3) is 0 Å². The van der Waals surface area contributed by atoms with Crippen molar-refractivity contribution in [2.75, 3.05) is 0 Å². The first-order valence-corrected chi connectivity index (χ1v) is 7.72. The number of hydrogen-bond acceptors (Lipinski definition) is 3. The van der Waals surface area contributed by atoms with Crippen molar-refractivity contribution in [3.63, 3.8) is 0 Å². The third-order valence-electron chi connectivity index (χ3n) is 4.35. The van der Waals surface area contributed by atoms with Gasteiger partial charge in [0.15, 0.2) is 0 Å². The molecule has 3 aromatic rings. The molecule has 0 atom stereocenters. The van der Waals surface area contributed by atoms with E-state index < -0.39 is 11.9 Å². The Kier molecular flexibility index (Phi) is 4.19. The molecule has 3 N–H and O–H groups in total. The van der Waals surface area contributed by atoms with Gasteiger partial charge in [-0.3, -0.25) is 4.79 Å². The zero-order valence-corrected chi connectivity index (χ0v) is 13.6. The topological polar surface area (TPSA) is 99.8 Å². The predicted molar refractivity (Wildman–Crippen MR) is 92.2 cm³/mol. The Hall–Kier alpha value is -3.28. The lowest BCUT2D eigenvalue weighted by Crippen LogP contribution is -2.07. The number of fused-ring (bicyclic) bond motifs is 1. The molecule has 6 nitrogen and oxygen atoms in total. The molecule has 3 rings (SSSR count). The summed E-state index contributed by atoms with van der Waals surface area (Å²) in [6.07, 6.45) is -0.195. The standard InChI is InChI=1S/C19H17NO5/c1-11-15(9-17(22)23)13-6-4-7-14(19(24)25)18(13)20(11)10-12-5-2-3-8-16(12)21/h2-8,21H,9-10H2,1H3,(H,22,23)(H,24,25). The van der Waals surface area contributed by atoms with Crippen molar-refractivity contribution in [2.45, 2.75) is 19.9 Å². The van der Waals surface area contributed by atoms with Gasteiger partial charge in [0.1, 0.15) is 5.75 Å². The van der Waals surface area contributed by atoms with Crippen LogP contribution in [0.3, 0.4) is 0 Å². The van der Waals surface area contributed by atoms with E-state index in [4.69, 9.17) is 0 Å². The summed E-state index contributed by atoms with van der Waals surface area (Å²) >= 11 is 0. The zero-order chi connectivity index (χ0) is 18.1. The summed E-state index contributed by atoms with van der Waals surface area (Å²) in [7, 11) is 0. The van der Waals surface area contributed by atoms with Crippen molar-refractivity contribution in [3.05, 3.63) is 64.8 Å². The second-order valence-corrected chi connectivity index (χ2v) is 5.86. The molecule has 0 spiro atoms. The lowest BCUT2D eigenvalue weighted by molar-refractivity contribution is -0.136. The number of aromatic carboxylic acids is 1. The highest BCUT2D eigenvalue weighted by Gasteiger charge is 2.21. The van der Waals surface area contributed by atoms with Gasteiger partial charge in [-0.1, -0.05) is 30.3 Å². The van der Waals surface area contributed by atoms with Crippen LogP contribution in [0.2, 0.25) is 0 Å². The molecule has 6 heteroatoms. The van der Waals surface area contributed by atoms with Crippen molar-refractivity contribution in [3.8, 4) is 5.75 Å². The maximum Gasteiger partial charge on any atom is 0.337 e. The van der Waals surface area contributed by atoms with Crippen LogP contribution in [0.1, 0.15) is 27.2 Å². The molecular formula is C19H17NO5. The molecule has 128 valence electrons. The largest absolute Gasteiger partial charge is 0.508 e. The van der Waals surface area contributed by atoms with Crippen LogP contribution >= 0.6 is 0 Å². The number of carboxylic acids is 2. The highest BCUT2D eigenvalue weighted by Crippen LogP contribution is 2.31. The number of nitrogens with zero attached hydrogens (tertiary/aromatic N) is 1. The van der Waals surface area contributed by atoms with E-state index in [1.807, 2.05) is 0 Å². The first kappa shape index (κ1) is 16.6. The number of aromatic nitrogens is 1. The first-order chi connectivity index (χ1) is 11.9. The minimum atomic E-state index is -1.08. The van der Waals surface area contributed by atoms with Gasteiger partial charge in [-0.05, 0) is 24.6 Å². The molecule has 0 radical (unpaired) electrons. The minimum absolute atomic E-state index is 0.104. The van der Waals surface area contributed by atoms with E-state index in [0.29, 0.717) is 27.7 Å². The number of para-hydroxylation sites is 2. The van der Waals surface area contributed by atoms with Gasteiger partial charge < -0.3 is 19.9 Å². The molecule has 0 aliphatic heterocycles. The van der Waals surface area contributed by atoms with Gasteiger partial charge in [0.2, 0.25) is 0 Å². The summed E-state index contributed by atoms with van der Waals surface area (Å²) in [6, 6.07) is 11.6. The van der Waals surface area contributed by atoms with Crippen molar-refractivity contribution in [1.82, 2.24) is 4.57 Å². The molecule has 0 unspecified atom stereocenters. The van der Waals surface area contributed by atoms with Crippen LogP contribution in [-0.4, -0.2) is 31.8 Å². The van der Waals surface area contributed by atoms with Gasteiger partial charge in [0.05, 0.1) is 24.0 Å². The third kappa shape index (κ3) is 2.94. The molecule has 25 heavy (non-hydrogen) atoms. The maximum absolute atomic E-state index is 11.7. The second-order valence-electron chi connectivity index (χ2n) is 5.86. The normalized spacial score (nSPS) is 10.9. The van der Waals surface area contributed by atoms with Crippen LogP contribution in [0, 0.1) is 6.92 Å². The average molecular weight is 339 g/mol. The fourth-order valence-electron chi connectivity index (χ4n) is 3.16. The number of carboxylic acid groups (broad SMARTS) is 2. The second kappa shape index (κ2) is 6.32. The first-order valence-electron chi connectivity index (χ1n) is 7.72. The molecule has 0 fully saturated rings. The maximum atomic E-state index is 11.7. The van der Waals surface area contributed by atoms with Crippen LogP contribution < -0.4 is 0 Å². The summed E-state index contributed by atoms with van der Waals surface area (Å²) in [4.78, 5) is 22.9. The van der Waals surface area contributed by atoms with Crippen LogP contribution in [0.25, 0.3) is 10.9 Å². The Labute approximate surface area is 143 Å². The van der Waals surface area contributed by atoms with Gasteiger partial charge in [-0.15, -0.1) is 0 Å². The molecule has 0 aliphatic carbocycles. The summed E-state index contributed by atoms with van der Waals surface area (Å²) in [5, 5.41) is 29.4. The number of hydrogen-bond donors (Lipinski definition) is 3. The number of phenols is 1. The highest BCUT2D eigenvalue weighted by molar-refractivity contribution is 6.04. The fourth-order valence-corrected chi connectivity index (χ4v) is 3.16. The summed E-state index contributed by atoms with van der Waals surface area (Å²) < 4.78 is 1.76. The van der Waals surface area contributed by atoms with E-state index in [1.54, 1.807) is 47.9 Å². The van der Waals surface area contributed by atoms with Crippen molar-refractivity contribution in [1.29, 1.82) is 0 Å². The monoisotopic (exact) mass is 339 g/mol. The molecule has 2 aromatic carbocycles. The molecule has 0 saturated heterocycles. The summed E-state index contributed by atoms with van der Waals surface area (Å²) in [5.74, 6) is -1.95. The Morgan fingerprint density at radius 1 is 1.04 bits per heavy atom. The summed E-state index contributed by atoms with van der Waals surface area (Å²) in [6.45, 7) is 2.02. The number of aromatic hydroxyl groups is 1. The van der Waals surface area contributed by atoms with Gasteiger partial charge >= 0.3 is 11.9 Å². The SMILES string of the molecule is Cc1c(CC(=O)O)c2cccc(C(=O)O)c2n1Cc1ccccc1O. The van der Waals surface area contributed by atoms with Gasteiger partial charge in [-0.25, -0.2) is 4.79 Å². The van der Waals surface area contributed by atoms with E-state index in [0.717, 1.165) is 0 Å². The van der Waals surface area contributed by atoms with Crippen molar-refractivity contribution in [2.24, 2.45) is 0 Å². The minimum Gasteiger partial charge on any atom is -0.508 e. The van der Waals surface area contributed by atoms with Crippen molar-refractivity contribution < 1.29 is 24.9 Å². The predicted octanol–water partition coefficient (Wildman–Crippen LogP) is 3.03. The van der Waals surface area contributed by atoms with Crippen LogP contribution in [0.5, 0.6) is 5.75 Å². The Morgan fingerprint density at radius 2 is 1.76 bits per heavy atom. The number of benzene rings is 2. The number of carbonyl (C=O) groups is 2. The molecule has 0 bridgehead atoms. The van der Waals surface area contributed by atoms with E-state index >= 15 is 0 Å². The van der Waals surface area contributed by atoms with E-state index in [1.165, 1.54) is 6.07 Å². The quantitative estimate of drug-likeness (QED) is 0.663.